The van der Waals surface area contributed by atoms with Crippen LogP contribution < -0.4 is 9.62 Å². The van der Waals surface area contributed by atoms with Gasteiger partial charge in [-0.05, 0) is 25.5 Å². The average molecular weight is 312 g/mol. The zero-order valence-electron chi connectivity index (χ0n) is 12.4. The fraction of sp³-hybridized carbons (Fsp3) is 0.500. The highest BCUT2D eigenvalue weighted by atomic mass is 32.2. The number of benzene rings is 1. The van der Waals surface area contributed by atoms with E-state index in [1.165, 1.54) is 18.3 Å². The molecule has 0 spiro atoms. The van der Waals surface area contributed by atoms with Gasteiger partial charge < -0.3 is 10.1 Å². The summed E-state index contributed by atoms with van der Waals surface area (Å²) in [5.74, 6) is -0.752. The van der Waals surface area contributed by atoms with Gasteiger partial charge in [0.1, 0.15) is 0 Å². The summed E-state index contributed by atoms with van der Waals surface area (Å²) in [5, 5.41) is 2.03. The van der Waals surface area contributed by atoms with E-state index in [4.69, 9.17) is 0 Å². The van der Waals surface area contributed by atoms with Crippen LogP contribution in [0, 0.1) is 0 Å². The Morgan fingerprint density at radius 1 is 1.43 bits per heavy atom. The molecule has 0 aromatic heterocycles. The molecule has 1 aliphatic heterocycles. The Hall–Kier alpha value is -1.60. The van der Waals surface area contributed by atoms with Crippen molar-refractivity contribution in [1.29, 1.82) is 0 Å². The molecule has 1 aliphatic rings. The Labute approximate surface area is 125 Å². The van der Waals surface area contributed by atoms with Crippen LogP contribution in [-0.2, 0) is 26.1 Å². The number of hydrogen-bond donors (Lipinski definition) is 1. The van der Waals surface area contributed by atoms with Crippen molar-refractivity contribution in [2.24, 2.45) is 0 Å². The summed E-state index contributed by atoms with van der Waals surface area (Å²) in [6.45, 7) is 4.14. The van der Waals surface area contributed by atoms with Crippen LogP contribution in [0.25, 0.3) is 0 Å². The standard InChI is InChI=1S/C14H20N2O4S/c1-10-9-16(21(18,19)11(2)14(17)20-3)13-7-5-4-6-12(13)8-15-10/h4-7,10-11,15H,8-9H2,1-3H3. The largest absolute Gasteiger partial charge is 0.468 e. The summed E-state index contributed by atoms with van der Waals surface area (Å²) in [5.41, 5.74) is 1.51. The topological polar surface area (TPSA) is 75.7 Å². The van der Waals surface area contributed by atoms with Crippen LogP contribution in [0.15, 0.2) is 24.3 Å². The highest BCUT2D eigenvalue weighted by Crippen LogP contribution is 2.27. The third kappa shape index (κ3) is 3.03. The number of hydrogen-bond acceptors (Lipinski definition) is 5. The van der Waals surface area contributed by atoms with Gasteiger partial charge in [0.05, 0.1) is 12.8 Å². The van der Waals surface area contributed by atoms with E-state index >= 15 is 0 Å². The molecule has 2 unspecified atom stereocenters. The number of nitrogens with zero attached hydrogens (tertiary/aromatic N) is 1. The van der Waals surface area contributed by atoms with E-state index in [9.17, 15) is 13.2 Å². The summed E-state index contributed by atoms with van der Waals surface area (Å²) < 4.78 is 31.4. The zero-order chi connectivity index (χ0) is 15.6. The van der Waals surface area contributed by atoms with E-state index in [-0.39, 0.29) is 12.6 Å². The van der Waals surface area contributed by atoms with Gasteiger partial charge in [0, 0.05) is 19.1 Å². The third-order valence-corrected chi connectivity index (χ3v) is 5.67. The third-order valence-electron chi connectivity index (χ3n) is 3.63. The molecule has 2 rings (SSSR count). The van der Waals surface area contributed by atoms with Crippen molar-refractivity contribution in [1.82, 2.24) is 5.32 Å². The molecule has 0 amide bonds. The maximum Gasteiger partial charge on any atom is 0.325 e. The molecule has 0 bridgehead atoms. The van der Waals surface area contributed by atoms with Crippen molar-refractivity contribution >= 4 is 21.7 Å². The smallest absolute Gasteiger partial charge is 0.325 e. The van der Waals surface area contributed by atoms with Crippen molar-refractivity contribution in [2.75, 3.05) is 18.0 Å². The molecule has 1 heterocycles. The highest BCUT2D eigenvalue weighted by Gasteiger charge is 2.37. The van der Waals surface area contributed by atoms with Crippen LogP contribution in [0.1, 0.15) is 19.4 Å². The lowest BCUT2D eigenvalue weighted by atomic mass is 10.2. The maximum absolute atomic E-state index is 12.7. The number of methoxy groups -OCH3 is 1. The first kappa shape index (κ1) is 15.8. The summed E-state index contributed by atoms with van der Waals surface area (Å²) in [6, 6.07) is 7.28. The first-order chi connectivity index (χ1) is 9.87. The highest BCUT2D eigenvalue weighted by molar-refractivity contribution is 7.94. The number of ether oxygens (including phenoxy) is 1. The summed E-state index contributed by atoms with van der Waals surface area (Å²) in [4.78, 5) is 11.6. The van der Waals surface area contributed by atoms with E-state index in [2.05, 4.69) is 10.1 Å². The molecule has 0 fully saturated rings. The lowest BCUT2D eigenvalue weighted by Crippen LogP contribution is -2.45. The molecule has 116 valence electrons. The van der Waals surface area contributed by atoms with Crippen LogP contribution in [0.4, 0.5) is 5.69 Å². The Morgan fingerprint density at radius 2 is 2.10 bits per heavy atom. The number of fused-ring (bicyclic) bond motifs is 1. The minimum Gasteiger partial charge on any atom is -0.468 e. The second-order valence-electron chi connectivity index (χ2n) is 5.15. The number of sulfonamides is 1. The second kappa shape index (κ2) is 6.03. The number of nitrogens with one attached hydrogen (secondary N) is 1. The van der Waals surface area contributed by atoms with Crippen molar-refractivity contribution < 1.29 is 17.9 Å². The van der Waals surface area contributed by atoms with E-state index in [1.54, 1.807) is 12.1 Å². The van der Waals surface area contributed by atoms with Crippen molar-refractivity contribution in [3.63, 3.8) is 0 Å². The van der Waals surface area contributed by atoms with Crippen LogP contribution in [0.2, 0.25) is 0 Å². The monoisotopic (exact) mass is 312 g/mol. The predicted octanol–water partition coefficient (Wildman–Crippen LogP) is 0.876. The number of anilines is 1. The van der Waals surface area contributed by atoms with Gasteiger partial charge in [0.25, 0.3) is 0 Å². The second-order valence-corrected chi connectivity index (χ2v) is 7.33. The minimum atomic E-state index is -3.82. The molecule has 1 aromatic carbocycles. The lowest BCUT2D eigenvalue weighted by Gasteiger charge is -2.28. The zero-order valence-corrected chi connectivity index (χ0v) is 13.2. The van der Waals surface area contributed by atoms with Crippen LogP contribution in [-0.4, -0.2) is 39.3 Å². The van der Waals surface area contributed by atoms with Gasteiger partial charge in [0.15, 0.2) is 5.25 Å². The molecule has 21 heavy (non-hydrogen) atoms. The minimum absolute atomic E-state index is 0.0166. The number of carbonyl (C=O) groups excluding carboxylic acids is 1. The average Bonchev–Trinajstić information content (AvgIpc) is 2.65. The van der Waals surface area contributed by atoms with Crippen molar-refractivity contribution in [3.05, 3.63) is 29.8 Å². The first-order valence-corrected chi connectivity index (χ1v) is 8.29. The van der Waals surface area contributed by atoms with E-state index < -0.39 is 21.2 Å². The van der Waals surface area contributed by atoms with Gasteiger partial charge in [-0.25, -0.2) is 8.42 Å². The summed E-state index contributed by atoms with van der Waals surface area (Å²) in [6.07, 6.45) is 0. The normalized spacial score (nSPS) is 20.3. The fourth-order valence-electron chi connectivity index (χ4n) is 2.32. The maximum atomic E-state index is 12.7. The molecule has 1 aromatic rings. The summed E-state index contributed by atoms with van der Waals surface area (Å²) in [7, 11) is -2.63. The summed E-state index contributed by atoms with van der Waals surface area (Å²) >= 11 is 0. The molecule has 0 saturated carbocycles. The molecule has 6 nitrogen and oxygen atoms in total. The Kier molecular flexibility index (Phi) is 4.53. The predicted molar refractivity (Wildman–Crippen MR) is 80.5 cm³/mol. The number of carbonyl (C=O) groups is 1. The Bertz CT molecular complexity index is 630. The van der Waals surface area contributed by atoms with E-state index in [1.807, 2.05) is 19.1 Å². The van der Waals surface area contributed by atoms with Crippen LogP contribution in [0.5, 0.6) is 0 Å². The molecule has 0 radical (unpaired) electrons. The van der Waals surface area contributed by atoms with Gasteiger partial charge in [-0.15, -0.1) is 0 Å². The van der Waals surface area contributed by atoms with Gasteiger partial charge in [-0.2, -0.15) is 0 Å². The Balaban J connectivity index is 2.48. The van der Waals surface area contributed by atoms with Gasteiger partial charge >= 0.3 is 5.97 Å². The SMILES string of the molecule is COC(=O)C(C)S(=O)(=O)N1CC(C)NCc2ccccc21. The molecule has 7 heteroatoms. The first-order valence-electron chi connectivity index (χ1n) is 6.78. The molecule has 0 saturated heterocycles. The molecular weight excluding hydrogens is 292 g/mol. The molecule has 0 aliphatic carbocycles. The van der Waals surface area contributed by atoms with Gasteiger partial charge in [-0.3, -0.25) is 9.10 Å². The van der Waals surface area contributed by atoms with Crippen LogP contribution >= 0.6 is 0 Å². The molecule has 1 N–H and O–H groups in total. The number of para-hydroxylation sites is 1. The lowest BCUT2D eigenvalue weighted by molar-refractivity contribution is -0.139. The fourth-order valence-corrected chi connectivity index (χ4v) is 3.92. The van der Waals surface area contributed by atoms with Crippen molar-refractivity contribution in [3.8, 4) is 0 Å². The van der Waals surface area contributed by atoms with Gasteiger partial charge in [0.2, 0.25) is 10.0 Å². The van der Waals surface area contributed by atoms with Crippen LogP contribution in [0.3, 0.4) is 0 Å². The molecular formula is C14H20N2O4S. The number of esters is 1. The van der Waals surface area contributed by atoms with Gasteiger partial charge in [-0.1, -0.05) is 18.2 Å². The quantitative estimate of drug-likeness (QED) is 0.839. The number of rotatable bonds is 3. The Morgan fingerprint density at radius 3 is 2.76 bits per heavy atom. The van der Waals surface area contributed by atoms with E-state index in [0.717, 1.165) is 5.56 Å². The van der Waals surface area contributed by atoms with E-state index in [0.29, 0.717) is 12.2 Å². The van der Waals surface area contributed by atoms with Crippen molar-refractivity contribution in [2.45, 2.75) is 31.7 Å². The molecule has 2 atom stereocenters.